The van der Waals surface area contributed by atoms with Crippen LogP contribution in [0.25, 0.3) is 0 Å². The first-order valence-corrected chi connectivity index (χ1v) is 7.82. The van der Waals surface area contributed by atoms with Crippen LogP contribution in [0.3, 0.4) is 0 Å². The SMILES string of the molecule is CN=C(NCc1nc(C(C)C)cs1)NCC(C)C(=O)OC.I. The van der Waals surface area contributed by atoms with E-state index < -0.39 is 0 Å². The van der Waals surface area contributed by atoms with E-state index >= 15 is 0 Å². The average Bonchev–Trinajstić information content (AvgIpc) is 2.95. The van der Waals surface area contributed by atoms with E-state index in [2.05, 4.69) is 44.6 Å². The molecule has 0 bridgehead atoms. The monoisotopic (exact) mass is 440 g/mol. The molecule has 8 heteroatoms. The van der Waals surface area contributed by atoms with Gasteiger partial charge in [-0.25, -0.2) is 4.98 Å². The Kier molecular flexibility index (Phi) is 10.3. The molecule has 0 saturated heterocycles. The largest absolute Gasteiger partial charge is 0.469 e. The van der Waals surface area contributed by atoms with Crippen molar-refractivity contribution >= 4 is 47.2 Å². The number of guanidine groups is 1. The van der Waals surface area contributed by atoms with E-state index in [4.69, 9.17) is 0 Å². The lowest BCUT2D eigenvalue weighted by atomic mass is 10.2. The fraction of sp³-hybridized carbons (Fsp3) is 0.643. The third-order valence-corrected chi connectivity index (χ3v) is 3.84. The first kappa shape index (κ1) is 21.1. The topological polar surface area (TPSA) is 75.6 Å². The Morgan fingerprint density at radius 2 is 2.09 bits per heavy atom. The number of esters is 1. The van der Waals surface area contributed by atoms with Gasteiger partial charge in [0.25, 0.3) is 0 Å². The fourth-order valence-electron chi connectivity index (χ4n) is 1.59. The smallest absolute Gasteiger partial charge is 0.310 e. The van der Waals surface area contributed by atoms with Crippen LogP contribution in [0, 0.1) is 5.92 Å². The van der Waals surface area contributed by atoms with E-state index in [1.807, 2.05) is 6.92 Å². The first-order valence-electron chi connectivity index (χ1n) is 6.94. The van der Waals surface area contributed by atoms with Crippen LogP contribution in [0.5, 0.6) is 0 Å². The molecule has 0 aromatic carbocycles. The standard InChI is InChI=1S/C14H24N4O2S.HI/c1-9(2)11-8-21-12(18-11)7-17-14(15-4)16-6-10(3)13(19)20-5;/h8-10H,6-7H2,1-5H3,(H2,15,16,17);1H. The van der Waals surface area contributed by atoms with Gasteiger partial charge in [-0.15, -0.1) is 35.3 Å². The van der Waals surface area contributed by atoms with E-state index in [1.165, 1.54) is 7.11 Å². The third-order valence-electron chi connectivity index (χ3n) is 2.97. The highest BCUT2D eigenvalue weighted by Crippen LogP contribution is 2.17. The zero-order chi connectivity index (χ0) is 15.8. The summed E-state index contributed by atoms with van der Waals surface area (Å²) in [6.07, 6.45) is 0. The Morgan fingerprint density at radius 3 is 2.59 bits per heavy atom. The van der Waals surface area contributed by atoms with Gasteiger partial charge < -0.3 is 15.4 Å². The van der Waals surface area contributed by atoms with Crippen LogP contribution in [0.15, 0.2) is 10.4 Å². The van der Waals surface area contributed by atoms with E-state index in [0.29, 0.717) is 25.0 Å². The second-order valence-electron chi connectivity index (χ2n) is 5.05. The number of hydrogen-bond acceptors (Lipinski definition) is 5. The van der Waals surface area contributed by atoms with Crippen LogP contribution >= 0.6 is 35.3 Å². The highest BCUT2D eigenvalue weighted by Gasteiger charge is 2.13. The van der Waals surface area contributed by atoms with Crippen LogP contribution in [0.1, 0.15) is 37.4 Å². The van der Waals surface area contributed by atoms with Crippen molar-refractivity contribution in [2.75, 3.05) is 20.7 Å². The van der Waals surface area contributed by atoms with E-state index in [9.17, 15) is 4.79 Å². The number of nitrogens with zero attached hydrogens (tertiary/aromatic N) is 2. The van der Waals surface area contributed by atoms with Gasteiger partial charge in [-0.1, -0.05) is 20.8 Å². The molecule has 0 aliphatic rings. The maximum atomic E-state index is 11.3. The number of halogens is 1. The van der Waals surface area contributed by atoms with Gasteiger partial charge in [0.05, 0.1) is 25.3 Å². The van der Waals surface area contributed by atoms with Gasteiger partial charge in [-0.2, -0.15) is 0 Å². The summed E-state index contributed by atoms with van der Waals surface area (Å²) in [6, 6.07) is 0. The van der Waals surface area contributed by atoms with Gasteiger partial charge in [0.2, 0.25) is 0 Å². The quantitative estimate of drug-likeness (QED) is 0.308. The molecule has 0 aliphatic carbocycles. The zero-order valence-electron chi connectivity index (χ0n) is 13.7. The summed E-state index contributed by atoms with van der Waals surface area (Å²) in [6.45, 7) is 7.15. The summed E-state index contributed by atoms with van der Waals surface area (Å²) < 4.78 is 4.68. The lowest BCUT2D eigenvalue weighted by Crippen LogP contribution is -2.40. The Balaban J connectivity index is 0.00000441. The minimum Gasteiger partial charge on any atom is -0.469 e. The molecule has 1 unspecified atom stereocenters. The minimum atomic E-state index is -0.237. The molecule has 6 nitrogen and oxygen atoms in total. The molecule has 1 aromatic rings. The molecular weight excluding hydrogens is 415 g/mol. The number of aromatic nitrogens is 1. The molecule has 0 spiro atoms. The van der Waals surface area contributed by atoms with Crippen LogP contribution in [-0.4, -0.2) is 37.6 Å². The lowest BCUT2D eigenvalue weighted by molar-refractivity contribution is -0.144. The molecule has 0 radical (unpaired) electrons. The summed E-state index contributed by atoms with van der Waals surface area (Å²) in [4.78, 5) is 20.0. The Morgan fingerprint density at radius 1 is 1.41 bits per heavy atom. The number of methoxy groups -OCH3 is 1. The second kappa shape index (κ2) is 10.8. The van der Waals surface area contributed by atoms with Crippen molar-refractivity contribution in [2.45, 2.75) is 33.2 Å². The predicted molar refractivity (Wildman–Crippen MR) is 101 cm³/mol. The highest BCUT2D eigenvalue weighted by atomic mass is 127. The third kappa shape index (κ3) is 6.91. The van der Waals surface area contributed by atoms with Crippen LogP contribution in [0.4, 0.5) is 0 Å². The maximum absolute atomic E-state index is 11.3. The van der Waals surface area contributed by atoms with Gasteiger partial charge >= 0.3 is 5.97 Å². The Labute approximate surface area is 153 Å². The van der Waals surface area contributed by atoms with Crippen LogP contribution in [-0.2, 0) is 16.1 Å². The summed E-state index contributed by atoms with van der Waals surface area (Å²) in [7, 11) is 3.08. The fourth-order valence-corrected chi connectivity index (χ4v) is 2.48. The van der Waals surface area contributed by atoms with Crippen LogP contribution < -0.4 is 10.6 Å². The summed E-state index contributed by atoms with van der Waals surface area (Å²) in [5.41, 5.74) is 1.11. The van der Waals surface area contributed by atoms with Crippen LogP contribution in [0.2, 0.25) is 0 Å². The minimum absolute atomic E-state index is 0. The molecule has 1 aromatic heterocycles. The lowest BCUT2D eigenvalue weighted by Gasteiger charge is -2.14. The summed E-state index contributed by atoms with van der Waals surface area (Å²) in [5, 5.41) is 9.38. The number of thiazole rings is 1. The van der Waals surface area contributed by atoms with Gasteiger partial charge in [0, 0.05) is 19.0 Å². The molecule has 0 amide bonds. The molecule has 126 valence electrons. The number of rotatable bonds is 6. The predicted octanol–water partition coefficient (Wildman–Crippen LogP) is 2.36. The van der Waals surface area contributed by atoms with Gasteiger partial charge in [0.15, 0.2) is 5.96 Å². The molecule has 1 heterocycles. The van der Waals surface area contributed by atoms with Crippen molar-refractivity contribution in [1.82, 2.24) is 15.6 Å². The number of carbonyl (C=O) groups excluding carboxylic acids is 1. The van der Waals surface area contributed by atoms with E-state index in [1.54, 1.807) is 18.4 Å². The van der Waals surface area contributed by atoms with Gasteiger partial charge in [0.1, 0.15) is 5.01 Å². The van der Waals surface area contributed by atoms with Gasteiger partial charge in [-0.3, -0.25) is 9.79 Å². The number of aliphatic imine (C=N–C) groups is 1. The van der Waals surface area contributed by atoms with Crippen molar-refractivity contribution in [3.8, 4) is 0 Å². The maximum Gasteiger partial charge on any atom is 0.310 e. The average molecular weight is 440 g/mol. The number of carbonyl (C=O) groups is 1. The van der Waals surface area contributed by atoms with Crippen molar-refractivity contribution in [3.63, 3.8) is 0 Å². The molecular formula is C14H25IN4O2S. The molecule has 0 saturated carbocycles. The van der Waals surface area contributed by atoms with E-state index in [0.717, 1.165) is 10.7 Å². The van der Waals surface area contributed by atoms with Crippen molar-refractivity contribution < 1.29 is 9.53 Å². The zero-order valence-corrected chi connectivity index (χ0v) is 16.8. The summed E-state index contributed by atoms with van der Waals surface area (Å²) >= 11 is 1.63. The van der Waals surface area contributed by atoms with Crippen molar-refractivity contribution in [1.29, 1.82) is 0 Å². The molecule has 1 atom stereocenters. The number of hydrogen-bond donors (Lipinski definition) is 2. The normalized spacial score (nSPS) is 12.5. The highest BCUT2D eigenvalue weighted by molar-refractivity contribution is 14.0. The molecule has 0 fully saturated rings. The molecule has 2 N–H and O–H groups in total. The van der Waals surface area contributed by atoms with Gasteiger partial charge in [-0.05, 0) is 5.92 Å². The number of ether oxygens (including phenoxy) is 1. The molecule has 22 heavy (non-hydrogen) atoms. The Hall–Kier alpha value is -0.900. The van der Waals surface area contributed by atoms with E-state index in [-0.39, 0.29) is 35.9 Å². The Bertz CT molecular complexity index is 491. The molecule has 1 rings (SSSR count). The van der Waals surface area contributed by atoms with Crippen molar-refractivity contribution in [3.05, 3.63) is 16.1 Å². The van der Waals surface area contributed by atoms with Crippen molar-refractivity contribution in [2.24, 2.45) is 10.9 Å². The summed E-state index contributed by atoms with van der Waals surface area (Å²) in [5.74, 6) is 0.626. The number of nitrogens with one attached hydrogen (secondary N) is 2. The molecule has 0 aliphatic heterocycles. The first-order chi connectivity index (χ1) is 9.97. The second-order valence-corrected chi connectivity index (χ2v) is 5.99.